The van der Waals surface area contributed by atoms with Gasteiger partial charge in [0.25, 0.3) is 5.91 Å². The molecule has 0 bridgehead atoms. The Morgan fingerprint density at radius 2 is 1.86 bits per heavy atom. The van der Waals surface area contributed by atoms with Crippen LogP contribution < -0.4 is 15.5 Å². The van der Waals surface area contributed by atoms with Gasteiger partial charge >= 0.3 is 0 Å². The third kappa shape index (κ3) is 3.99. The lowest BCUT2D eigenvalue weighted by atomic mass is 10.2. The molecule has 1 aromatic carbocycles. The Labute approximate surface area is 164 Å². The summed E-state index contributed by atoms with van der Waals surface area (Å²) in [5.74, 6) is 0.637. The van der Waals surface area contributed by atoms with Crippen molar-refractivity contribution in [1.29, 1.82) is 0 Å². The lowest BCUT2D eigenvalue weighted by Gasteiger charge is -2.28. The molecule has 1 fully saturated rings. The molecule has 2 N–H and O–H groups in total. The molecule has 0 atom stereocenters. The van der Waals surface area contributed by atoms with Crippen molar-refractivity contribution in [1.82, 2.24) is 14.9 Å². The first-order valence-corrected chi connectivity index (χ1v) is 9.29. The number of anilines is 3. The summed E-state index contributed by atoms with van der Waals surface area (Å²) in [7, 11) is 1.62. The molecule has 2 aromatic heterocycles. The number of carbonyl (C=O) groups is 1. The molecule has 3 heterocycles. The standard InChI is InChI=1S/C21H23N5O2/c1-22-21(27)16-7-9-26(15-16)19-6-8-23-20(14-19)24-17-2-4-18(5-3-17)25-10-12-28-13-11-25/h2-9,14-15H,10-13H2,1H3,(H,22,27)(H,23,24). The monoisotopic (exact) mass is 377 g/mol. The van der Waals surface area contributed by atoms with Crippen LogP contribution in [-0.4, -0.2) is 48.8 Å². The van der Waals surface area contributed by atoms with E-state index in [2.05, 4.69) is 44.8 Å². The molecule has 0 aliphatic carbocycles. The molecule has 1 amide bonds. The van der Waals surface area contributed by atoms with Crippen molar-refractivity contribution in [2.75, 3.05) is 43.6 Å². The number of morpholine rings is 1. The zero-order valence-corrected chi connectivity index (χ0v) is 15.8. The van der Waals surface area contributed by atoms with Crippen molar-refractivity contribution in [2.45, 2.75) is 0 Å². The molecule has 0 radical (unpaired) electrons. The molecule has 0 spiro atoms. The number of carbonyl (C=O) groups excluding carboxylic acids is 1. The van der Waals surface area contributed by atoms with Crippen LogP contribution in [-0.2, 0) is 4.74 Å². The van der Waals surface area contributed by atoms with E-state index >= 15 is 0 Å². The van der Waals surface area contributed by atoms with Crippen molar-refractivity contribution in [2.24, 2.45) is 0 Å². The first kappa shape index (κ1) is 18.1. The first-order valence-electron chi connectivity index (χ1n) is 9.29. The van der Waals surface area contributed by atoms with Crippen molar-refractivity contribution in [3.05, 3.63) is 66.6 Å². The predicted molar refractivity (Wildman–Crippen MR) is 110 cm³/mol. The van der Waals surface area contributed by atoms with Crippen molar-refractivity contribution in [3.63, 3.8) is 0 Å². The Bertz CT molecular complexity index is 945. The van der Waals surface area contributed by atoms with E-state index in [9.17, 15) is 4.79 Å². The molecule has 1 aliphatic heterocycles. The summed E-state index contributed by atoms with van der Waals surface area (Å²) in [6.07, 6.45) is 5.41. The fraction of sp³-hybridized carbons (Fsp3) is 0.238. The van der Waals surface area contributed by atoms with Crippen LogP contribution in [0.5, 0.6) is 0 Å². The smallest absolute Gasteiger partial charge is 0.252 e. The van der Waals surface area contributed by atoms with E-state index in [4.69, 9.17) is 4.74 Å². The maximum Gasteiger partial charge on any atom is 0.252 e. The summed E-state index contributed by atoms with van der Waals surface area (Å²) >= 11 is 0. The molecular formula is C21H23N5O2. The highest BCUT2D eigenvalue weighted by atomic mass is 16.5. The fourth-order valence-corrected chi connectivity index (χ4v) is 3.21. The maximum absolute atomic E-state index is 11.7. The highest BCUT2D eigenvalue weighted by molar-refractivity contribution is 5.93. The Hall–Kier alpha value is -3.32. The van der Waals surface area contributed by atoms with E-state index < -0.39 is 0 Å². The van der Waals surface area contributed by atoms with Gasteiger partial charge in [-0.2, -0.15) is 0 Å². The van der Waals surface area contributed by atoms with E-state index in [0.29, 0.717) is 5.56 Å². The molecule has 144 valence electrons. The minimum atomic E-state index is -0.105. The lowest BCUT2D eigenvalue weighted by molar-refractivity contribution is 0.0963. The molecule has 7 heteroatoms. The van der Waals surface area contributed by atoms with Crippen molar-refractivity contribution >= 4 is 23.1 Å². The largest absolute Gasteiger partial charge is 0.378 e. The molecule has 1 saturated heterocycles. The molecule has 4 rings (SSSR count). The number of rotatable bonds is 5. The van der Waals surface area contributed by atoms with Crippen LogP contribution in [0, 0.1) is 0 Å². The van der Waals surface area contributed by atoms with Gasteiger partial charge in [0.1, 0.15) is 5.82 Å². The molecule has 0 unspecified atom stereocenters. The summed E-state index contributed by atoms with van der Waals surface area (Å²) < 4.78 is 7.31. The van der Waals surface area contributed by atoms with Crippen LogP contribution in [0.15, 0.2) is 61.1 Å². The zero-order valence-electron chi connectivity index (χ0n) is 15.8. The molecular weight excluding hydrogens is 354 g/mol. The van der Waals surface area contributed by atoms with E-state index in [1.807, 2.05) is 22.9 Å². The number of hydrogen-bond donors (Lipinski definition) is 2. The van der Waals surface area contributed by atoms with Gasteiger partial charge in [-0.1, -0.05) is 0 Å². The summed E-state index contributed by atoms with van der Waals surface area (Å²) in [5.41, 5.74) is 3.72. The van der Waals surface area contributed by atoms with Crippen LogP contribution in [0.2, 0.25) is 0 Å². The van der Waals surface area contributed by atoms with Crippen LogP contribution in [0.1, 0.15) is 10.4 Å². The second-order valence-corrected chi connectivity index (χ2v) is 6.56. The number of ether oxygens (including phenoxy) is 1. The number of nitrogens with zero attached hydrogens (tertiary/aromatic N) is 3. The van der Waals surface area contributed by atoms with Crippen molar-refractivity contribution < 1.29 is 9.53 Å². The van der Waals surface area contributed by atoms with E-state index in [1.54, 1.807) is 25.5 Å². The first-order chi connectivity index (χ1) is 13.7. The van der Waals surface area contributed by atoms with Gasteiger partial charge in [-0.05, 0) is 36.4 Å². The summed E-state index contributed by atoms with van der Waals surface area (Å²) in [6, 6.07) is 14.0. The Kier molecular flexibility index (Phi) is 5.25. The Morgan fingerprint density at radius 3 is 2.61 bits per heavy atom. The zero-order chi connectivity index (χ0) is 19.3. The number of amides is 1. The number of aromatic nitrogens is 2. The van der Waals surface area contributed by atoms with Crippen LogP contribution in [0.25, 0.3) is 5.69 Å². The number of hydrogen-bond acceptors (Lipinski definition) is 5. The number of nitrogens with one attached hydrogen (secondary N) is 2. The molecule has 3 aromatic rings. The van der Waals surface area contributed by atoms with Gasteiger partial charge in [0, 0.05) is 56.2 Å². The van der Waals surface area contributed by atoms with E-state index in [1.165, 1.54) is 5.69 Å². The third-order valence-corrected chi connectivity index (χ3v) is 4.74. The normalized spacial score (nSPS) is 14.0. The highest BCUT2D eigenvalue weighted by Gasteiger charge is 2.11. The van der Waals surface area contributed by atoms with Gasteiger partial charge in [-0.25, -0.2) is 4.98 Å². The number of pyridine rings is 1. The SMILES string of the molecule is CNC(=O)c1ccn(-c2ccnc(Nc3ccc(N4CCOCC4)cc3)c2)c1. The van der Waals surface area contributed by atoms with Gasteiger partial charge in [-0.15, -0.1) is 0 Å². The predicted octanol–water partition coefficient (Wildman–Crippen LogP) is 2.81. The van der Waals surface area contributed by atoms with Gasteiger partial charge in [0.2, 0.25) is 0 Å². The van der Waals surface area contributed by atoms with Crippen LogP contribution >= 0.6 is 0 Å². The summed E-state index contributed by atoms with van der Waals surface area (Å²) in [6.45, 7) is 3.39. The molecule has 0 saturated carbocycles. The quantitative estimate of drug-likeness (QED) is 0.715. The third-order valence-electron chi connectivity index (χ3n) is 4.74. The van der Waals surface area contributed by atoms with Gasteiger partial charge < -0.3 is 24.8 Å². The van der Waals surface area contributed by atoms with Gasteiger partial charge in [-0.3, -0.25) is 4.79 Å². The second-order valence-electron chi connectivity index (χ2n) is 6.56. The second kappa shape index (κ2) is 8.14. The average molecular weight is 377 g/mol. The fourth-order valence-electron chi connectivity index (χ4n) is 3.21. The van der Waals surface area contributed by atoms with Crippen molar-refractivity contribution in [3.8, 4) is 5.69 Å². The minimum Gasteiger partial charge on any atom is -0.378 e. The summed E-state index contributed by atoms with van der Waals surface area (Å²) in [5, 5.41) is 5.97. The van der Waals surface area contributed by atoms with Crippen LogP contribution in [0.3, 0.4) is 0 Å². The molecule has 1 aliphatic rings. The summed E-state index contributed by atoms with van der Waals surface area (Å²) in [4.78, 5) is 18.5. The number of benzene rings is 1. The Balaban J connectivity index is 1.47. The minimum absolute atomic E-state index is 0.105. The van der Waals surface area contributed by atoms with Gasteiger partial charge in [0.05, 0.1) is 24.5 Å². The van der Waals surface area contributed by atoms with Crippen LogP contribution in [0.4, 0.5) is 17.2 Å². The lowest BCUT2D eigenvalue weighted by Crippen LogP contribution is -2.36. The molecule has 28 heavy (non-hydrogen) atoms. The Morgan fingerprint density at radius 1 is 1.07 bits per heavy atom. The van der Waals surface area contributed by atoms with E-state index in [0.717, 1.165) is 43.5 Å². The maximum atomic E-state index is 11.7. The average Bonchev–Trinajstić information content (AvgIpc) is 3.25. The van der Waals surface area contributed by atoms with E-state index in [-0.39, 0.29) is 5.91 Å². The van der Waals surface area contributed by atoms with Gasteiger partial charge in [0.15, 0.2) is 0 Å². The highest BCUT2D eigenvalue weighted by Crippen LogP contribution is 2.22. The topological polar surface area (TPSA) is 71.4 Å². The molecule has 7 nitrogen and oxygen atoms in total.